The monoisotopic (exact) mass is 477 g/mol. The number of ketones is 1. The lowest BCUT2D eigenvalue weighted by Crippen LogP contribution is -2.38. The first-order valence-corrected chi connectivity index (χ1v) is 12.9. The molecule has 0 fully saturated rings. The summed E-state index contributed by atoms with van der Waals surface area (Å²) in [6, 6.07) is 17.7. The number of hydrogen-bond donors (Lipinski definition) is 0. The quantitative estimate of drug-likeness (QED) is 0.368. The van der Waals surface area contributed by atoms with E-state index >= 15 is 0 Å². The van der Waals surface area contributed by atoms with Crippen molar-refractivity contribution >= 4 is 29.2 Å². The highest BCUT2D eigenvalue weighted by Gasteiger charge is 2.45. The fourth-order valence-electron chi connectivity index (χ4n) is 5.02. The van der Waals surface area contributed by atoms with Gasteiger partial charge in [-0.05, 0) is 36.6 Å². The maximum atomic E-state index is 13.6. The third kappa shape index (κ3) is 4.97. The Kier molecular flexibility index (Phi) is 7.88. The number of thioether (sulfide) groups is 1. The van der Waals surface area contributed by atoms with E-state index in [-0.39, 0.29) is 17.7 Å². The molecular formula is C28H31NO4S. The van der Waals surface area contributed by atoms with Crippen LogP contribution in [0.2, 0.25) is 0 Å². The number of esters is 1. The molecule has 0 bridgehead atoms. The third-order valence-electron chi connectivity index (χ3n) is 6.56. The smallest absolute Gasteiger partial charge is 0.315 e. The average molecular weight is 478 g/mol. The van der Waals surface area contributed by atoms with Crippen molar-refractivity contribution in [3.05, 3.63) is 77.0 Å². The van der Waals surface area contributed by atoms with Crippen molar-refractivity contribution in [3.8, 4) is 5.75 Å². The molecule has 2 aromatic rings. The number of benzene rings is 2. The van der Waals surface area contributed by atoms with Crippen LogP contribution in [-0.2, 0) is 14.3 Å². The largest absolute Gasteiger partial charge is 0.496 e. The van der Waals surface area contributed by atoms with Crippen LogP contribution in [0.1, 0.15) is 49.7 Å². The van der Waals surface area contributed by atoms with Gasteiger partial charge in [0.1, 0.15) is 18.3 Å². The summed E-state index contributed by atoms with van der Waals surface area (Å²) in [5, 5.41) is 0. The summed E-state index contributed by atoms with van der Waals surface area (Å²) in [5.41, 5.74) is 4.06. The Morgan fingerprint density at radius 1 is 1.09 bits per heavy atom. The highest BCUT2D eigenvalue weighted by Crippen LogP contribution is 2.48. The molecule has 5 nitrogen and oxygen atoms in total. The lowest BCUT2D eigenvalue weighted by molar-refractivity contribution is -0.145. The van der Waals surface area contributed by atoms with Crippen LogP contribution in [0.15, 0.2) is 70.9 Å². The highest BCUT2D eigenvalue weighted by atomic mass is 32.2. The maximum Gasteiger partial charge on any atom is 0.315 e. The Labute approximate surface area is 205 Å². The van der Waals surface area contributed by atoms with Crippen molar-refractivity contribution in [1.82, 2.24) is 0 Å². The second kappa shape index (κ2) is 11.0. The van der Waals surface area contributed by atoms with Crippen LogP contribution >= 0.6 is 11.8 Å². The van der Waals surface area contributed by atoms with Crippen LogP contribution < -0.4 is 4.74 Å². The summed E-state index contributed by atoms with van der Waals surface area (Å²) in [5.74, 6) is 1.04. The average Bonchev–Trinajstić information content (AvgIpc) is 2.86. The second-order valence-electron chi connectivity index (χ2n) is 8.61. The van der Waals surface area contributed by atoms with E-state index in [0.29, 0.717) is 36.5 Å². The number of rotatable bonds is 8. The van der Waals surface area contributed by atoms with E-state index in [1.54, 1.807) is 18.9 Å². The van der Waals surface area contributed by atoms with Crippen molar-refractivity contribution in [2.24, 2.45) is 10.9 Å². The summed E-state index contributed by atoms with van der Waals surface area (Å²) in [6.45, 7) is 4.29. The van der Waals surface area contributed by atoms with Gasteiger partial charge in [0.15, 0.2) is 5.78 Å². The summed E-state index contributed by atoms with van der Waals surface area (Å²) < 4.78 is 11.3. The lowest BCUT2D eigenvalue weighted by Gasteiger charge is -2.37. The Balaban J connectivity index is 1.75. The van der Waals surface area contributed by atoms with E-state index in [2.05, 4.69) is 19.1 Å². The molecule has 4 rings (SSSR count). The molecule has 2 aromatic carbocycles. The first kappa shape index (κ1) is 24.3. The zero-order valence-electron chi connectivity index (χ0n) is 20.0. The molecule has 0 N–H and O–H groups in total. The van der Waals surface area contributed by atoms with E-state index in [4.69, 9.17) is 14.5 Å². The number of nitrogens with zero attached hydrogens (tertiary/aromatic N) is 1. The summed E-state index contributed by atoms with van der Waals surface area (Å²) >= 11 is 1.73. The van der Waals surface area contributed by atoms with Crippen LogP contribution in [0, 0.1) is 5.92 Å². The van der Waals surface area contributed by atoms with Crippen LogP contribution in [0.4, 0.5) is 0 Å². The first-order valence-electron chi connectivity index (χ1n) is 11.8. The molecule has 178 valence electrons. The minimum Gasteiger partial charge on any atom is -0.496 e. The Hall–Kier alpha value is -2.86. The number of methoxy groups -OCH3 is 1. The molecule has 1 heterocycles. The van der Waals surface area contributed by atoms with Gasteiger partial charge in [-0.1, -0.05) is 55.5 Å². The number of hydrogen-bond acceptors (Lipinski definition) is 6. The van der Waals surface area contributed by atoms with Crippen LogP contribution in [0.3, 0.4) is 0 Å². The summed E-state index contributed by atoms with van der Waals surface area (Å²) in [7, 11) is 1.61. The predicted molar refractivity (Wildman–Crippen MR) is 137 cm³/mol. The molecule has 6 heteroatoms. The van der Waals surface area contributed by atoms with Gasteiger partial charge in [0.25, 0.3) is 0 Å². The van der Waals surface area contributed by atoms with E-state index in [9.17, 15) is 9.59 Å². The molecule has 0 amide bonds. The van der Waals surface area contributed by atoms with Crippen molar-refractivity contribution in [2.75, 3.05) is 25.2 Å². The van der Waals surface area contributed by atoms with E-state index in [1.165, 1.54) is 0 Å². The van der Waals surface area contributed by atoms with Crippen LogP contribution in [-0.4, -0.2) is 42.7 Å². The maximum absolute atomic E-state index is 13.6. The summed E-state index contributed by atoms with van der Waals surface area (Å²) in [4.78, 5) is 31.8. The SMILES string of the molecule is CCSCCOC(=O)C1C(C)=NC2=C(C(=O)C[C@H](c3ccccc3)C2)[C@@H]1c1ccccc1OC. The van der Waals surface area contributed by atoms with Gasteiger partial charge in [0.2, 0.25) is 0 Å². The normalized spacial score (nSPS) is 22.1. The number of para-hydroxylation sites is 1. The molecule has 2 aliphatic rings. The van der Waals surface area contributed by atoms with Gasteiger partial charge in [0.05, 0.1) is 7.11 Å². The molecule has 0 saturated carbocycles. The third-order valence-corrected chi connectivity index (χ3v) is 7.43. The fourth-order valence-corrected chi connectivity index (χ4v) is 5.51. The fraction of sp³-hybridized carbons (Fsp3) is 0.393. The van der Waals surface area contributed by atoms with E-state index in [0.717, 1.165) is 28.3 Å². The predicted octanol–water partition coefficient (Wildman–Crippen LogP) is 5.57. The number of allylic oxidation sites excluding steroid dienone is 2. The Morgan fingerprint density at radius 3 is 2.56 bits per heavy atom. The number of aliphatic imine (C=N–C) groups is 1. The summed E-state index contributed by atoms with van der Waals surface area (Å²) in [6.07, 6.45) is 1.07. The number of ether oxygens (including phenoxy) is 2. The van der Waals surface area contributed by atoms with Crippen LogP contribution in [0.25, 0.3) is 0 Å². The van der Waals surface area contributed by atoms with Gasteiger partial charge in [-0.15, -0.1) is 0 Å². The van der Waals surface area contributed by atoms with E-state index < -0.39 is 11.8 Å². The topological polar surface area (TPSA) is 65.0 Å². The van der Waals surface area contributed by atoms with Gasteiger partial charge >= 0.3 is 5.97 Å². The van der Waals surface area contributed by atoms with Gasteiger partial charge < -0.3 is 9.47 Å². The van der Waals surface area contributed by atoms with Crippen LogP contribution in [0.5, 0.6) is 5.75 Å². The minimum absolute atomic E-state index is 0.0431. The van der Waals surface area contributed by atoms with Gasteiger partial charge in [-0.3, -0.25) is 14.6 Å². The zero-order valence-corrected chi connectivity index (χ0v) is 20.8. The molecule has 1 aliphatic heterocycles. The first-order chi connectivity index (χ1) is 16.5. The Morgan fingerprint density at radius 2 is 1.82 bits per heavy atom. The van der Waals surface area contributed by atoms with Crippen molar-refractivity contribution < 1.29 is 19.1 Å². The molecule has 1 unspecified atom stereocenters. The van der Waals surface area contributed by atoms with Gasteiger partial charge in [-0.25, -0.2) is 0 Å². The Bertz CT molecular complexity index is 1110. The molecule has 0 aromatic heterocycles. The number of carbonyl (C=O) groups excluding carboxylic acids is 2. The van der Waals surface area contributed by atoms with Gasteiger partial charge in [-0.2, -0.15) is 11.8 Å². The number of Topliss-reactive ketones (excluding diaryl/α,β-unsaturated/α-hetero) is 1. The highest BCUT2D eigenvalue weighted by molar-refractivity contribution is 7.99. The molecule has 3 atom stereocenters. The zero-order chi connectivity index (χ0) is 24.1. The van der Waals surface area contributed by atoms with Crippen molar-refractivity contribution in [1.29, 1.82) is 0 Å². The molecule has 34 heavy (non-hydrogen) atoms. The lowest BCUT2D eigenvalue weighted by atomic mass is 9.69. The van der Waals surface area contributed by atoms with E-state index in [1.807, 2.05) is 49.4 Å². The molecular weight excluding hydrogens is 446 g/mol. The molecule has 0 spiro atoms. The number of carbonyl (C=O) groups is 2. The van der Waals surface area contributed by atoms with Crippen molar-refractivity contribution in [2.45, 2.75) is 38.5 Å². The molecule has 1 aliphatic carbocycles. The van der Waals surface area contributed by atoms with Gasteiger partial charge in [0, 0.05) is 40.6 Å². The standard InChI is InChI=1S/C28H31NO4S/c1-4-34-15-14-33-28(31)25-18(2)29-22-16-20(19-10-6-5-7-11-19)17-23(30)27(22)26(25)21-12-8-9-13-24(21)32-3/h5-13,20,25-26H,4,14-17H2,1-3H3/t20-,25?,26-/m1/s1. The minimum atomic E-state index is -0.654. The molecule has 0 saturated heterocycles. The molecule has 0 radical (unpaired) electrons. The second-order valence-corrected chi connectivity index (χ2v) is 10.0. The van der Waals surface area contributed by atoms with Crippen molar-refractivity contribution in [3.63, 3.8) is 0 Å².